The number of aromatic nitrogens is 4. The number of amides is 1. The molecule has 0 saturated carbocycles. The minimum absolute atomic E-state index is 0.109. The number of para-hydroxylation sites is 1. The van der Waals surface area contributed by atoms with Crippen LogP contribution in [-0.4, -0.2) is 26.0 Å². The highest BCUT2D eigenvalue weighted by atomic mass is 19.1. The van der Waals surface area contributed by atoms with E-state index in [4.69, 9.17) is 0 Å². The number of hydrogen-bond donors (Lipinski definition) is 0. The first kappa shape index (κ1) is 16.8. The van der Waals surface area contributed by atoms with E-state index in [1.54, 1.807) is 10.6 Å². The van der Waals surface area contributed by atoms with Gasteiger partial charge in [-0.3, -0.25) is 9.69 Å². The molecule has 0 spiro atoms. The number of nitrogens with zero attached hydrogens (tertiary/aromatic N) is 5. The van der Waals surface area contributed by atoms with Crippen molar-refractivity contribution in [3.63, 3.8) is 0 Å². The van der Waals surface area contributed by atoms with Gasteiger partial charge in [-0.15, -0.1) is 0 Å². The number of rotatable bonds is 4. The highest BCUT2D eigenvalue weighted by Gasteiger charge is 2.19. The molecule has 3 heterocycles. The lowest BCUT2D eigenvalue weighted by molar-refractivity contribution is -0.106. The number of fused-ring (bicyclic) bond motifs is 1. The lowest BCUT2D eigenvalue weighted by Gasteiger charge is -2.18. The summed E-state index contributed by atoms with van der Waals surface area (Å²) in [4.78, 5) is 20.6. The van der Waals surface area contributed by atoms with Gasteiger partial charge in [0.2, 0.25) is 6.41 Å². The number of benzene rings is 1. The molecule has 3 aromatic heterocycles. The van der Waals surface area contributed by atoms with Crippen LogP contribution in [0, 0.1) is 18.6 Å². The molecule has 0 bridgehead atoms. The number of aryl methyl sites for hydroxylation is 1. The monoisotopic (exact) mass is 365 g/mol. The molecule has 0 N–H and O–H groups in total. The number of pyridine rings is 2. The molecule has 6 nitrogen and oxygen atoms in total. The molecular weight excluding hydrogens is 352 g/mol. The van der Waals surface area contributed by atoms with E-state index in [0.717, 1.165) is 39.4 Å². The maximum absolute atomic E-state index is 14.0. The number of carbonyl (C=O) groups is 1. The first-order chi connectivity index (χ1) is 13.1. The molecule has 4 aromatic rings. The molecule has 27 heavy (non-hydrogen) atoms. The molecule has 0 fully saturated rings. The fourth-order valence-corrected chi connectivity index (χ4v) is 2.89. The van der Waals surface area contributed by atoms with E-state index in [0.29, 0.717) is 6.41 Å². The summed E-state index contributed by atoms with van der Waals surface area (Å²) in [6, 6.07) is 8.54. The smallest absolute Gasteiger partial charge is 0.220 e. The maximum Gasteiger partial charge on any atom is 0.220 e. The van der Waals surface area contributed by atoms with Gasteiger partial charge in [-0.1, -0.05) is 6.07 Å². The van der Waals surface area contributed by atoms with Crippen LogP contribution in [0.3, 0.4) is 0 Å². The summed E-state index contributed by atoms with van der Waals surface area (Å²) in [5, 5.41) is 4.11. The summed E-state index contributed by atoms with van der Waals surface area (Å²) in [7, 11) is 0. The van der Waals surface area contributed by atoms with Crippen LogP contribution in [-0.2, 0) is 4.79 Å². The topological polar surface area (TPSA) is 63.4 Å². The molecule has 1 amide bonds. The van der Waals surface area contributed by atoms with Crippen molar-refractivity contribution in [2.45, 2.75) is 6.92 Å². The van der Waals surface area contributed by atoms with Crippen molar-refractivity contribution in [1.29, 1.82) is 0 Å². The van der Waals surface area contributed by atoms with Gasteiger partial charge in [0.25, 0.3) is 0 Å². The fraction of sp³-hybridized carbons (Fsp3) is 0.0526. The van der Waals surface area contributed by atoms with Crippen LogP contribution in [0.25, 0.3) is 16.8 Å². The highest BCUT2D eigenvalue weighted by molar-refractivity contribution is 5.85. The Morgan fingerprint density at radius 1 is 1.11 bits per heavy atom. The van der Waals surface area contributed by atoms with Gasteiger partial charge in [0.1, 0.15) is 29.5 Å². The molecule has 0 unspecified atom stereocenters. The van der Waals surface area contributed by atoms with E-state index in [9.17, 15) is 13.6 Å². The van der Waals surface area contributed by atoms with Gasteiger partial charge in [0, 0.05) is 23.5 Å². The predicted molar refractivity (Wildman–Crippen MR) is 95.5 cm³/mol. The molecule has 0 aliphatic carbocycles. The van der Waals surface area contributed by atoms with Crippen LogP contribution in [0.15, 0.2) is 55.1 Å². The van der Waals surface area contributed by atoms with E-state index < -0.39 is 17.3 Å². The first-order valence-corrected chi connectivity index (χ1v) is 8.03. The molecule has 134 valence electrons. The molecule has 0 aliphatic heterocycles. The number of halogens is 2. The molecule has 4 rings (SSSR count). The lowest BCUT2D eigenvalue weighted by Crippen LogP contribution is -2.18. The fourth-order valence-electron chi connectivity index (χ4n) is 2.89. The Kier molecular flexibility index (Phi) is 4.08. The minimum Gasteiger partial charge on any atom is -0.278 e. The van der Waals surface area contributed by atoms with E-state index >= 15 is 0 Å². The summed E-state index contributed by atoms with van der Waals surface area (Å²) in [6.45, 7) is 1.93. The van der Waals surface area contributed by atoms with Crippen molar-refractivity contribution in [2.75, 3.05) is 4.90 Å². The van der Waals surface area contributed by atoms with Crippen LogP contribution < -0.4 is 4.90 Å². The third-order valence-electron chi connectivity index (χ3n) is 4.21. The second-order valence-corrected chi connectivity index (χ2v) is 5.88. The van der Waals surface area contributed by atoms with Crippen molar-refractivity contribution < 1.29 is 13.6 Å². The predicted octanol–water partition coefficient (Wildman–Crippen LogP) is 3.67. The summed E-state index contributed by atoms with van der Waals surface area (Å²) in [5.74, 6) is -1.59. The van der Waals surface area contributed by atoms with Crippen molar-refractivity contribution in [3.8, 4) is 11.1 Å². The van der Waals surface area contributed by atoms with Crippen molar-refractivity contribution in [2.24, 2.45) is 0 Å². The van der Waals surface area contributed by atoms with E-state index in [2.05, 4.69) is 15.1 Å². The van der Waals surface area contributed by atoms with Crippen LogP contribution in [0.1, 0.15) is 5.56 Å². The SMILES string of the molecule is Cc1cc2ncnn2cc1-c1ccc(N(C=O)c2c(F)cccc2F)nc1. The highest BCUT2D eigenvalue weighted by Crippen LogP contribution is 2.30. The molecule has 0 aliphatic rings. The van der Waals surface area contributed by atoms with E-state index in [1.807, 2.05) is 19.2 Å². The molecular formula is C19H13F2N5O. The average Bonchev–Trinajstić information content (AvgIpc) is 3.12. The Balaban J connectivity index is 1.74. The molecule has 1 aromatic carbocycles. The van der Waals surface area contributed by atoms with Gasteiger partial charge in [-0.2, -0.15) is 5.10 Å². The first-order valence-electron chi connectivity index (χ1n) is 8.03. The normalized spacial score (nSPS) is 10.9. The van der Waals surface area contributed by atoms with E-state index in [1.165, 1.54) is 24.7 Å². The van der Waals surface area contributed by atoms with Crippen LogP contribution >= 0.6 is 0 Å². The molecule has 0 saturated heterocycles. The molecule has 0 radical (unpaired) electrons. The number of hydrogen-bond acceptors (Lipinski definition) is 4. The van der Waals surface area contributed by atoms with Crippen LogP contribution in [0.4, 0.5) is 20.3 Å². The zero-order chi connectivity index (χ0) is 19.0. The van der Waals surface area contributed by atoms with Gasteiger partial charge in [0.15, 0.2) is 5.65 Å². The van der Waals surface area contributed by atoms with Gasteiger partial charge in [0.05, 0.1) is 0 Å². The third kappa shape index (κ3) is 2.91. The second-order valence-electron chi connectivity index (χ2n) is 5.88. The van der Waals surface area contributed by atoms with Gasteiger partial charge >= 0.3 is 0 Å². The Morgan fingerprint density at radius 2 is 1.89 bits per heavy atom. The van der Waals surface area contributed by atoms with E-state index in [-0.39, 0.29) is 5.82 Å². The van der Waals surface area contributed by atoms with Gasteiger partial charge < -0.3 is 0 Å². The van der Waals surface area contributed by atoms with Crippen molar-refractivity contribution in [3.05, 3.63) is 72.3 Å². The third-order valence-corrected chi connectivity index (χ3v) is 4.21. The Morgan fingerprint density at radius 3 is 2.56 bits per heavy atom. The largest absolute Gasteiger partial charge is 0.278 e. The van der Waals surface area contributed by atoms with Gasteiger partial charge in [-0.05, 0) is 42.8 Å². The zero-order valence-electron chi connectivity index (χ0n) is 14.2. The molecule has 0 atom stereocenters. The summed E-state index contributed by atoms with van der Waals surface area (Å²) >= 11 is 0. The standard InChI is InChI=1S/C19H13F2N5O/c1-12-7-18-23-10-24-26(18)9-14(12)13-5-6-17(22-8-13)25(11-27)19-15(20)3-2-4-16(19)21/h2-11H,1H3. The van der Waals surface area contributed by atoms with Crippen molar-refractivity contribution in [1.82, 2.24) is 19.6 Å². The summed E-state index contributed by atoms with van der Waals surface area (Å²) < 4.78 is 29.6. The second kappa shape index (κ2) is 6.56. The quantitative estimate of drug-likeness (QED) is 0.518. The number of anilines is 2. The zero-order valence-corrected chi connectivity index (χ0v) is 14.2. The maximum atomic E-state index is 14.0. The summed E-state index contributed by atoms with van der Waals surface area (Å²) in [6.07, 6.45) is 5.15. The van der Waals surface area contributed by atoms with Gasteiger partial charge in [-0.25, -0.2) is 23.3 Å². The Labute approximate surface area is 152 Å². The Bertz CT molecular complexity index is 1120. The lowest BCUT2D eigenvalue weighted by atomic mass is 10.0. The van der Waals surface area contributed by atoms with Crippen molar-refractivity contribution >= 4 is 23.6 Å². The number of carbonyl (C=O) groups excluding carboxylic acids is 1. The molecule has 8 heteroatoms. The van der Waals surface area contributed by atoms with Crippen LogP contribution in [0.2, 0.25) is 0 Å². The average molecular weight is 365 g/mol. The Hall–Kier alpha value is -3.68. The van der Waals surface area contributed by atoms with Crippen LogP contribution in [0.5, 0.6) is 0 Å². The minimum atomic E-state index is -0.847. The summed E-state index contributed by atoms with van der Waals surface area (Å²) in [5.41, 5.74) is 2.88.